The maximum atomic E-state index is 12.0. The normalized spacial score (nSPS) is 19.1. The van der Waals surface area contributed by atoms with E-state index in [2.05, 4.69) is 5.32 Å². The topological polar surface area (TPSA) is 47.6 Å². The lowest BCUT2D eigenvalue weighted by Gasteiger charge is -2.26. The van der Waals surface area contributed by atoms with Crippen LogP contribution in [-0.4, -0.2) is 12.7 Å². The van der Waals surface area contributed by atoms with Gasteiger partial charge in [-0.2, -0.15) is 0 Å². The fourth-order valence-electron chi connectivity index (χ4n) is 2.89. The molecule has 21 heavy (non-hydrogen) atoms. The van der Waals surface area contributed by atoms with Gasteiger partial charge in [0.15, 0.2) is 11.5 Å². The molecular formula is C16H12ClNO3. The van der Waals surface area contributed by atoms with E-state index < -0.39 is 0 Å². The predicted octanol–water partition coefficient (Wildman–Crippen LogP) is 3.54. The Morgan fingerprint density at radius 3 is 2.67 bits per heavy atom. The Bertz CT molecular complexity index is 744. The molecule has 2 aliphatic rings. The molecule has 4 nitrogen and oxygen atoms in total. The molecule has 1 amide bonds. The lowest BCUT2D eigenvalue weighted by molar-refractivity contribution is -0.116. The Hall–Kier alpha value is -2.20. The summed E-state index contributed by atoms with van der Waals surface area (Å²) in [7, 11) is 0. The number of fused-ring (bicyclic) bond motifs is 2. The van der Waals surface area contributed by atoms with Crippen molar-refractivity contribution in [2.75, 3.05) is 12.1 Å². The number of rotatable bonds is 1. The van der Waals surface area contributed by atoms with Crippen LogP contribution in [-0.2, 0) is 4.79 Å². The molecule has 2 aromatic rings. The van der Waals surface area contributed by atoms with Crippen molar-refractivity contribution in [2.45, 2.75) is 12.3 Å². The summed E-state index contributed by atoms with van der Waals surface area (Å²) in [6.45, 7) is 0.211. The average molecular weight is 302 g/mol. The summed E-state index contributed by atoms with van der Waals surface area (Å²) in [5.74, 6) is 1.28. The SMILES string of the molecule is O=C1C[C@@H](c2ccccc2Cl)c2cc3c(cc2N1)OCO3. The van der Waals surface area contributed by atoms with Crippen LogP contribution >= 0.6 is 11.6 Å². The van der Waals surface area contributed by atoms with Gasteiger partial charge in [0.05, 0.1) is 0 Å². The standard InChI is InChI=1S/C16H12ClNO3/c17-12-4-2-1-3-9(12)10-6-16(19)18-13-7-15-14(5-11(10)13)20-8-21-15/h1-5,7,10H,6,8H2,(H,18,19)/t10-/m0/s1. The van der Waals surface area contributed by atoms with Gasteiger partial charge in [0.2, 0.25) is 12.7 Å². The van der Waals surface area contributed by atoms with E-state index in [9.17, 15) is 4.79 Å². The molecule has 0 spiro atoms. The minimum atomic E-state index is -0.0723. The molecule has 4 rings (SSSR count). The number of hydrogen-bond acceptors (Lipinski definition) is 3. The van der Waals surface area contributed by atoms with Crippen molar-refractivity contribution >= 4 is 23.2 Å². The van der Waals surface area contributed by atoms with E-state index >= 15 is 0 Å². The van der Waals surface area contributed by atoms with Crippen molar-refractivity contribution < 1.29 is 14.3 Å². The van der Waals surface area contributed by atoms with E-state index in [4.69, 9.17) is 21.1 Å². The second-order valence-electron chi connectivity index (χ2n) is 5.12. The van der Waals surface area contributed by atoms with Gasteiger partial charge in [-0.05, 0) is 23.3 Å². The van der Waals surface area contributed by atoms with Crippen LogP contribution in [0.5, 0.6) is 11.5 Å². The van der Waals surface area contributed by atoms with Gasteiger partial charge >= 0.3 is 0 Å². The molecule has 2 aromatic carbocycles. The van der Waals surface area contributed by atoms with Crippen molar-refractivity contribution in [3.63, 3.8) is 0 Å². The first-order valence-electron chi connectivity index (χ1n) is 6.70. The van der Waals surface area contributed by atoms with Gasteiger partial charge in [-0.15, -0.1) is 0 Å². The summed E-state index contributed by atoms with van der Waals surface area (Å²) in [5.41, 5.74) is 2.72. The Labute approximate surface area is 126 Å². The van der Waals surface area contributed by atoms with Crippen molar-refractivity contribution in [3.05, 3.63) is 52.5 Å². The van der Waals surface area contributed by atoms with Gasteiger partial charge < -0.3 is 14.8 Å². The van der Waals surface area contributed by atoms with E-state index in [1.807, 2.05) is 36.4 Å². The van der Waals surface area contributed by atoms with Crippen molar-refractivity contribution in [1.29, 1.82) is 0 Å². The maximum Gasteiger partial charge on any atom is 0.231 e. The summed E-state index contributed by atoms with van der Waals surface area (Å²) in [5, 5.41) is 3.56. The van der Waals surface area contributed by atoms with Gasteiger partial charge in [0.1, 0.15) is 0 Å². The van der Waals surface area contributed by atoms with Gasteiger partial charge in [0, 0.05) is 29.1 Å². The molecule has 0 saturated carbocycles. The molecule has 106 valence electrons. The number of amides is 1. The molecule has 2 aliphatic heterocycles. The molecule has 0 aliphatic carbocycles. The molecule has 5 heteroatoms. The second-order valence-corrected chi connectivity index (χ2v) is 5.53. The third-order valence-electron chi connectivity index (χ3n) is 3.86. The molecule has 0 aromatic heterocycles. The number of benzene rings is 2. The molecular weight excluding hydrogens is 290 g/mol. The number of halogens is 1. The van der Waals surface area contributed by atoms with Crippen LogP contribution in [0.1, 0.15) is 23.5 Å². The number of carbonyl (C=O) groups excluding carboxylic acids is 1. The summed E-state index contributed by atoms with van der Waals surface area (Å²) in [4.78, 5) is 12.0. The lowest BCUT2D eigenvalue weighted by Crippen LogP contribution is -2.23. The van der Waals surface area contributed by atoms with Crippen LogP contribution < -0.4 is 14.8 Å². The highest BCUT2D eigenvalue weighted by atomic mass is 35.5. The van der Waals surface area contributed by atoms with Gasteiger partial charge in [-0.3, -0.25) is 4.79 Å². The summed E-state index contributed by atoms with van der Waals surface area (Å²) >= 11 is 6.30. The van der Waals surface area contributed by atoms with Crippen molar-refractivity contribution in [3.8, 4) is 11.5 Å². The van der Waals surface area contributed by atoms with E-state index in [-0.39, 0.29) is 18.6 Å². The fourth-order valence-corrected chi connectivity index (χ4v) is 3.15. The van der Waals surface area contributed by atoms with Crippen LogP contribution in [0, 0.1) is 0 Å². The van der Waals surface area contributed by atoms with Crippen LogP contribution in [0.25, 0.3) is 0 Å². The van der Waals surface area contributed by atoms with Crippen molar-refractivity contribution in [2.24, 2.45) is 0 Å². The highest BCUT2D eigenvalue weighted by Crippen LogP contribution is 2.45. The monoisotopic (exact) mass is 301 g/mol. The maximum absolute atomic E-state index is 12.0. The molecule has 1 N–H and O–H groups in total. The first kappa shape index (κ1) is 12.5. The summed E-state index contributed by atoms with van der Waals surface area (Å²) in [6, 6.07) is 11.4. The molecule has 2 heterocycles. The second kappa shape index (κ2) is 4.67. The fraction of sp³-hybridized carbons (Fsp3) is 0.188. The zero-order valence-corrected chi connectivity index (χ0v) is 11.8. The smallest absolute Gasteiger partial charge is 0.231 e. The van der Waals surface area contributed by atoms with Gasteiger partial charge in [-0.25, -0.2) is 0 Å². The highest BCUT2D eigenvalue weighted by Gasteiger charge is 2.30. The van der Waals surface area contributed by atoms with E-state index in [1.54, 1.807) is 0 Å². The van der Waals surface area contributed by atoms with E-state index in [0.29, 0.717) is 22.9 Å². The average Bonchev–Trinajstić information content (AvgIpc) is 2.92. The minimum absolute atomic E-state index is 0.0220. The number of ether oxygens (including phenoxy) is 2. The first-order valence-corrected chi connectivity index (χ1v) is 7.08. The van der Waals surface area contributed by atoms with Gasteiger partial charge in [-0.1, -0.05) is 29.8 Å². The largest absolute Gasteiger partial charge is 0.454 e. The molecule has 0 saturated heterocycles. The quantitative estimate of drug-likeness (QED) is 0.876. The lowest BCUT2D eigenvalue weighted by atomic mass is 9.84. The van der Waals surface area contributed by atoms with Crippen LogP contribution in [0.2, 0.25) is 5.02 Å². The van der Waals surface area contributed by atoms with Crippen molar-refractivity contribution in [1.82, 2.24) is 0 Å². The summed E-state index contributed by atoms with van der Waals surface area (Å²) < 4.78 is 10.8. The third kappa shape index (κ3) is 2.03. The molecule has 0 bridgehead atoms. The Kier molecular flexibility index (Phi) is 2.79. The number of nitrogens with one attached hydrogen (secondary N) is 1. The zero-order chi connectivity index (χ0) is 14.4. The first-order chi connectivity index (χ1) is 10.2. The van der Waals surface area contributed by atoms with E-state index in [1.165, 1.54) is 0 Å². The third-order valence-corrected chi connectivity index (χ3v) is 4.21. The molecule has 1 atom stereocenters. The molecule has 0 fully saturated rings. The number of carbonyl (C=O) groups is 1. The zero-order valence-electron chi connectivity index (χ0n) is 11.1. The highest BCUT2D eigenvalue weighted by molar-refractivity contribution is 6.31. The number of hydrogen-bond donors (Lipinski definition) is 1. The predicted molar refractivity (Wildman–Crippen MR) is 79.1 cm³/mol. The Morgan fingerprint density at radius 1 is 1.10 bits per heavy atom. The molecule has 0 unspecified atom stereocenters. The Balaban J connectivity index is 1.88. The minimum Gasteiger partial charge on any atom is -0.454 e. The van der Waals surface area contributed by atoms with E-state index in [0.717, 1.165) is 16.8 Å². The van der Waals surface area contributed by atoms with Gasteiger partial charge in [0.25, 0.3) is 0 Å². The number of anilines is 1. The van der Waals surface area contributed by atoms with Crippen LogP contribution in [0.4, 0.5) is 5.69 Å². The Morgan fingerprint density at radius 2 is 1.86 bits per heavy atom. The van der Waals surface area contributed by atoms with Crippen LogP contribution in [0.15, 0.2) is 36.4 Å². The molecule has 0 radical (unpaired) electrons. The summed E-state index contributed by atoms with van der Waals surface area (Å²) in [6.07, 6.45) is 0.371. The van der Waals surface area contributed by atoms with Crippen LogP contribution in [0.3, 0.4) is 0 Å².